The molecule has 1 aliphatic heterocycles. The molecule has 18 heteroatoms. The van der Waals surface area contributed by atoms with Gasteiger partial charge in [0.2, 0.25) is 0 Å². The van der Waals surface area contributed by atoms with Gasteiger partial charge in [0.15, 0.2) is 6.23 Å². The topological polar surface area (TPSA) is 216 Å². The standard InChI is InChI=1S/C36H34F3N3O12/c1-51-22-12-8-20(9-13-22)35(19-6-4-3-5-7-19,21-10-14-23(52-2)15-11-21)54-29-27(41-33(49)36(37,38)39)31(42-17-16-25(43)40-34(42)50)53-30(29)28(46)24(32(47)48)18-26(44)45/h3-17,24,27-31,46H,18H2,1-2H3,(H,41,49)(H,44,45)(H,47,48)(H,40,43,50)/t24?,27-,28?,29+,30-,31-/m1/s1. The molecule has 0 bridgehead atoms. The molecule has 3 aromatic carbocycles. The van der Waals surface area contributed by atoms with Gasteiger partial charge in [-0.3, -0.25) is 28.7 Å². The van der Waals surface area contributed by atoms with E-state index in [-0.39, 0.29) is 0 Å². The molecular formula is C36H34F3N3O12. The number of aromatic nitrogens is 2. The van der Waals surface area contributed by atoms with Gasteiger partial charge in [0.05, 0.1) is 32.7 Å². The minimum Gasteiger partial charge on any atom is -0.497 e. The van der Waals surface area contributed by atoms with Gasteiger partial charge in [-0.25, -0.2) is 4.79 Å². The first-order valence-electron chi connectivity index (χ1n) is 16.1. The van der Waals surface area contributed by atoms with E-state index >= 15 is 0 Å². The maximum absolute atomic E-state index is 14.0. The second kappa shape index (κ2) is 15.9. The van der Waals surface area contributed by atoms with Gasteiger partial charge in [-0.1, -0.05) is 54.6 Å². The van der Waals surface area contributed by atoms with Gasteiger partial charge in [-0.15, -0.1) is 0 Å². The van der Waals surface area contributed by atoms with Gasteiger partial charge >= 0.3 is 29.7 Å². The van der Waals surface area contributed by atoms with Crippen molar-refractivity contribution in [2.24, 2.45) is 5.92 Å². The lowest BCUT2D eigenvalue weighted by atomic mass is 9.79. The van der Waals surface area contributed by atoms with Crippen molar-refractivity contribution in [3.05, 3.63) is 129 Å². The number of benzene rings is 3. The van der Waals surface area contributed by atoms with Gasteiger partial charge in [0, 0.05) is 12.3 Å². The maximum Gasteiger partial charge on any atom is 0.471 e. The lowest BCUT2D eigenvalue weighted by molar-refractivity contribution is -0.176. The van der Waals surface area contributed by atoms with Crippen molar-refractivity contribution in [3.63, 3.8) is 0 Å². The second-order valence-electron chi connectivity index (χ2n) is 12.1. The summed E-state index contributed by atoms with van der Waals surface area (Å²) < 4.78 is 66.1. The first-order chi connectivity index (χ1) is 25.6. The van der Waals surface area contributed by atoms with E-state index in [4.69, 9.17) is 18.9 Å². The molecule has 5 rings (SSSR count). The Balaban J connectivity index is 1.84. The Morgan fingerprint density at radius 1 is 0.870 bits per heavy atom. The van der Waals surface area contributed by atoms with Crippen molar-refractivity contribution in [1.29, 1.82) is 0 Å². The molecule has 5 N–H and O–H groups in total. The Morgan fingerprint density at radius 3 is 1.87 bits per heavy atom. The number of nitrogens with one attached hydrogen (secondary N) is 2. The number of aliphatic hydroxyl groups excluding tert-OH is 1. The highest BCUT2D eigenvalue weighted by molar-refractivity contribution is 5.82. The van der Waals surface area contributed by atoms with E-state index in [1.54, 1.807) is 84.2 Å². The first-order valence-corrected chi connectivity index (χ1v) is 16.1. The number of alkyl halides is 3. The summed E-state index contributed by atoms with van der Waals surface area (Å²) in [7, 11) is 2.84. The molecular weight excluding hydrogens is 723 g/mol. The number of carboxylic acids is 2. The summed E-state index contributed by atoms with van der Waals surface area (Å²) in [5.74, 6) is -7.33. The number of ether oxygens (including phenoxy) is 4. The van der Waals surface area contributed by atoms with Gasteiger partial charge < -0.3 is 39.6 Å². The molecule has 0 saturated carbocycles. The van der Waals surface area contributed by atoms with Gasteiger partial charge in [-0.05, 0) is 41.0 Å². The number of methoxy groups -OCH3 is 2. The largest absolute Gasteiger partial charge is 0.497 e. The second-order valence-corrected chi connectivity index (χ2v) is 12.1. The van der Waals surface area contributed by atoms with Crippen LogP contribution in [0.2, 0.25) is 0 Å². The summed E-state index contributed by atoms with van der Waals surface area (Å²) in [6.07, 6.45) is -14.3. The van der Waals surface area contributed by atoms with Crippen LogP contribution in [-0.2, 0) is 29.5 Å². The monoisotopic (exact) mass is 757 g/mol. The molecule has 286 valence electrons. The smallest absolute Gasteiger partial charge is 0.471 e. The van der Waals surface area contributed by atoms with Crippen molar-refractivity contribution < 1.29 is 61.8 Å². The molecule has 4 aromatic rings. The third-order valence-electron chi connectivity index (χ3n) is 8.91. The molecule has 2 heterocycles. The number of hydrogen-bond donors (Lipinski definition) is 5. The zero-order chi connectivity index (χ0) is 39.4. The van der Waals surface area contributed by atoms with E-state index in [1.165, 1.54) is 14.2 Å². The molecule has 1 aromatic heterocycles. The van der Waals surface area contributed by atoms with Crippen molar-refractivity contribution in [3.8, 4) is 11.5 Å². The number of hydrogen-bond acceptors (Lipinski definition) is 10. The van der Waals surface area contributed by atoms with E-state index in [1.807, 2.05) is 4.98 Å². The van der Waals surface area contributed by atoms with Crippen LogP contribution < -0.4 is 26.0 Å². The van der Waals surface area contributed by atoms with Crippen LogP contribution in [0.5, 0.6) is 11.5 Å². The third kappa shape index (κ3) is 7.99. The van der Waals surface area contributed by atoms with Crippen LogP contribution in [0.15, 0.2) is 101 Å². The van der Waals surface area contributed by atoms with Gasteiger partial charge in [-0.2, -0.15) is 13.2 Å². The number of aliphatic carboxylic acids is 2. The van der Waals surface area contributed by atoms with Gasteiger partial charge in [0.25, 0.3) is 5.56 Å². The number of H-pyrrole nitrogens is 1. The van der Waals surface area contributed by atoms with Crippen molar-refractivity contribution in [2.75, 3.05) is 14.2 Å². The highest BCUT2D eigenvalue weighted by Gasteiger charge is 2.57. The van der Waals surface area contributed by atoms with Crippen molar-refractivity contribution in [1.82, 2.24) is 14.9 Å². The molecule has 2 unspecified atom stereocenters. The van der Waals surface area contributed by atoms with E-state index in [2.05, 4.69) is 0 Å². The number of halogens is 3. The molecule has 0 aliphatic carbocycles. The number of carbonyl (C=O) groups is 3. The van der Waals surface area contributed by atoms with Crippen molar-refractivity contribution >= 4 is 17.8 Å². The molecule has 1 fully saturated rings. The van der Waals surface area contributed by atoms with E-state index in [9.17, 15) is 52.5 Å². The SMILES string of the molecule is COc1ccc(C(O[C@H]2[C@@H](NC(=O)C(F)(F)F)[C@H](n3ccc(=O)[nH]c3=O)O[C@@H]2C(O)C(CC(=O)O)C(=O)O)(c2ccccc2)c2ccc(OC)cc2)cc1. The van der Waals surface area contributed by atoms with Crippen LogP contribution in [0.1, 0.15) is 29.3 Å². The van der Waals surface area contributed by atoms with Crippen LogP contribution in [-0.4, -0.2) is 87.5 Å². The van der Waals surface area contributed by atoms with Crippen LogP contribution in [0.4, 0.5) is 13.2 Å². The number of aromatic amines is 1. The van der Waals surface area contributed by atoms with E-state index in [0.29, 0.717) is 32.8 Å². The Labute approximate surface area is 303 Å². The van der Waals surface area contributed by atoms with E-state index < -0.39 is 83.8 Å². The van der Waals surface area contributed by atoms with Crippen LogP contribution in [0, 0.1) is 5.92 Å². The van der Waals surface area contributed by atoms with Crippen LogP contribution in [0.25, 0.3) is 0 Å². The fourth-order valence-corrected chi connectivity index (χ4v) is 6.36. The number of carboxylic acid groups (broad SMARTS) is 2. The number of rotatable bonds is 14. The Bertz CT molecular complexity index is 2020. The van der Waals surface area contributed by atoms with E-state index in [0.717, 1.165) is 12.3 Å². The molecule has 1 saturated heterocycles. The zero-order valence-corrected chi connectivity index (χ0v) is 28.4. The average Bonchev–Trinajstić information content (AvgIpc) is 3.49. The molecule has 1 amide bonds. The average molecular weight is 758 g/mol. The lowest BCUT2D eigenvalue weighted by Crippen LogP contribution is -2.56. The fourth-order valence-electron chi connectivity index (χ4n) is 6.36. The number of nitrogens with zero attached hydrogens (tertiary/aromatic N) is 1. The zero-order valence-electron chi connectivity index (χ0n) is 28.4. The number of amides is 1. The fraction of sp³-hybridized carbons (Fsp3) is 0.306. The highest BCUT2D eigenvalue weighted by Crippen LogP contribution is 2.47. The minimum absolute atomic E-state index is 0.304. The summed E-state index contributed by atoms with van der Waals surface area (Å²) in [5.41, 5.74) is -3.09. The summed E-state index contributed by atoms with van der Waals surface area (Å²) in [6.45, 7) is 0. The molecule has 0 spiro atoms. The first kappa shape index (κ1) is 39.2. The number of aliphatic hydroxyl groups is 1. The Kier molecular flexibility index (Phi) is 11.6. The van der Waals surface area contributed by atoms with Gasteiger partial charge in [0.1, 0.15) is 35.3 Å². The third-order valence-corrected chi connectivity index (χ3v) is 8.91. The predicted molar refractivity (Wildman–Crippen MR) is 180 cm³/mol. The quantitative estimate of drug-likeness (QED) is 0.117. The molecule has 1 aliphatic rings. The number of carbonyl (C=O) groups excluding carboxylic acids is 1. The lowest BCUT2D eigenvalue weighted by Gasteiger charge is -2.41. The van der Waals surface area contributed by atoms with Crippen LogP contribution >= 0.6 is 0 Å². The van der Waals surface area contributed by atoms with Crippen LogP contribution in [0.3, 0.4) is 0 Å². The predicted octanol–water partition coefficient (Wildman–Crippen LogP) is 2.41. The molecule has 6 atom stereocenters. The molecule has 15 nitrogen and oxygen atoms in total. The molecule has 54 heavy (non-hydrogen) atoms. The minimum atomic E-state index is -5.52. The summed E-state index contributed by atoms with van der Waals surface area (Å²) in [5, 5.41) is 33.0. The normalized spacial score (nSPS) is 19.7. The highest BCUT2D eigenvalue weighted by atomic mass is 19.4. The Hall–Kier alpha value is -5.98. The van der Waals surface area contributed by atoms with Crippen molar-refractivity contribution in [2.45, 2.75) is 48.8 Å². The maximum atomic E-state index is 14.0. The molecule has 0 radical (unpaired) electrons. The summed E-state index contributed by atoms with van der Waals surface area (Å²) in [4.78, 5) is 63.8. The summed E-state index contributed by atoms with van der Waals surface area (Å²) >= 11 is 0. The summed E-state index contributed by atoms with van der Waals surface area (Å²) in [6, 6.07) is 19.5. The Morgan fingerprint density at radius 2 is 1.41 bits per heavy atom.